The predicted octanol–water partition coefficient (Wildman–Crippen LogP) is 1.88. The Morgan fingerprint density at radius 1 is 1.19 bits per heavy atom. The summed E-state index contributed by atoms with van der Waals surface area (Å²) in [6.07, 6.45) is 0.630. The van der Waals surface area contributed by atoms with Gasteiger partial charge < -0.3 is 10.1 Å². The summed E-state index contributed by atoms with van der Waals surface area (Å²) in [7, 11) is -0.487. The van der Waals surface area contributed by atoms with Gasteiger partial charge in [0, 0.05) is 25.8 Å². The third kappa shape index (κ3) is 3.66. The van der Waals surface area contributed by atoms with Gasteiger partial charge in [0.2, 0.25) is 10.0 Å². The van der Waals surface area contributed by atoms with Crippen LogP contribution in [-0.4, -0.2) is 35.2 Å². The minimum absolute atomic E-state index is 0.188. The molecule has 2 aromatic rings. The first-order valence-corrected chi connectivity index (χ1v) is 9.67. The number of anilines is 1. The van der Waals surface area contributed by atoms with Crippen LogP contribution in [0.25, 0.3) is 0 Å². The number of carbonyl (C=O) groups is 1. The quantitative estimate of drug-likeness (QED) is 0.835. The molecule has 0 atom stereocenters. The van der Waals surface area contributed by atoms with Crippen molar-refractivity contribution >= 4 is 21.7 Å². The Hall–Kier alpha value is -2.58. The molecule has 0 bridgehead atoms. The third-order valence-corrected chi connectivity index (χ3v) is 5.74. The maximum Gasteiger partial charge on any atom is 0.321 e. The molecule has 1 aliphatic heterocycles. The Morgan fingerprint density at radius 2 is 1.92 bits per heavy atom. The van der Waals surface area contributed by atoms with E-state index in [1.54, 1.807) is 43.3 Å². The van der Waals surface area contributed by atoms with Gasteiger partial charge in [0.05, 0.1) is 12.0 Å². The summed E-state index contributed by atoms with van der Waals surface area (Å²) < 4.78 is 32.8. The highest BCUT2D eigenvalue weighted by Crippen LogP contribution is 2.30. The molecule has 7 nitrogen and oxygen atoms in total. The number of amides is 2. The van der Waals surface area contributed by atoms with E-state index in [-0.39, 0.29) is 17.5 Å². The number of rotatable bonds is 5. The summed E-state index contributed by atoms with van der Waals surface area (Å²) in [5.41, 5.74) is 2.43. The maximum absolute atomic E-state index is 12.6. The van der Waals surface area contributed by atoms with Crippen molar-refractivity contribution < 1.29 is 17.9 Å². The molecule has 0 aromatic heterocycles. The lowest BCUT2D eigenvalue weighted by molar-refractivity contribution is 0.248. The van der Waals surface area contributed by atoms with Crippen molar-refractivity contribution in [2.24, 2.45) is 0 Å². The van der Waals surface area contributed by atoms with E-state index in [9.17, 15) is 13.2 Å². The normalized spacial score (nSPS) is 13.4. The van der Waals surface area contributed by atoms with Crippen molar-refractivity contribution in [2.45, 2.75) is 17.9 Å². The lowest BCUT2D eigenvalue weighted by Crippen LogP contribution is -2.36. The van der Waals surface area contributed by atoms with Crippen LogP contribution in [0.3, 0.4) is 0 Å². The number of hydrogen-bond donors (Lipinski definition) is 2. The summed E-state index contributed by atoms with van der Waals surface area (Å²) in [5, 5.41) is 2.59. The number of hydrogen-bond acceptors (Lipinski definition) is 4. The number of ether oxygens (including phenoxy) is 1. The first kappa shape index (κ1) is 18.2. The van der Waals surface area contributed by atoms with Gasteiger partial charge in [-0.2, -0.15) is 0 Å². The molecule has 26 heavy (non-hydrogen) atoms. The van der Waals surface area contributed by atoms with Gasteiger partial charge in [-0.05, 0) is 47.9 Å². The molecule has 0 saturated heterocycles. The molecule has 0 aliphatic carbocycles. The van der Waals surface area contributed by atoms with Crippen molar-refractivity contribution in [3.05, 3.63) is 53.6 Å². The van der Waals surface area contributed by atoms with Crippen LogP contribution < -0.4 is 19.7 Å². The molecular weight excluding hydrogens is 354 g/mol. The van der Waals surface area contributed by atoms with E-state index in [1.165, 1.54) is 6.07 Å². The summed E-state index contributed by atoms with van der Waals surface area (Å²) in [5.74, 6) is 0.718. The molecule has 1 aliphatic rings. The highest BCUT2D eigenvalue weighted by Gasteiger charge is 2.26. The standard InChI is InChI=1S/C18H21N3O4S/c1-19-18(22)21-10-9-14-11-16(7-8-17(14)21)26(23,24)20-12-13-3-5-15(25-2)6-4-13/h3-8,11,20H,9-10,12H2,1-2H3,(H,19,22). The molecule has 138 valence electrons. The van der Waals surface area contributed by atoms with Crippen molar-refractivity contribution in [2.75, 3.05) is 25.6 Å². The molecule has 2 amide bonds. The average Bonchev–Trinajstić information content (AvgIpc) is 3.09. The molecule has 0 spiro atoms. The van der Waals surface area contributed by atoms with Gasteiger partial charge in [0.1, 0.15) is 5.75 Å². The third-order valence-electron chi connectivity index (χ3n) is 4.34. The SMILES string of the molecule is CNC(=O)N1CCc2cc(S(=O)(=O)NCc3ccc(OC)cc3)ccc21. The largest absolute Gasteiger partial charge is 0.497 e. The molecule has 2 aromatic carbocycles. The number of sulfonamides is 1. The highest BCUT2D eigenvalue weighted by atomic mass is 32.2. The molecular formula is C18H21N3O4S. The lowest BCUT2D eigenvalue weighted by Gasteiger charge is -2.16. The minimum Gasteiger partial charge on any atom is -0.497 e. The summed E-state index contributed by atoms with van der Waals surface area (Å²) in [4.78, 5) is 13.6. The molecule has 0 saturated carbocycles. The summed E-state index contributed by atoms with van der Waals surface area (Å²) in [6.45, 7) is 0.728. The average molecular weight is 375 g/mol. The number of nitrogens with one attached hydrogen (secondary N) is 2. The zero-order chi connectivity index (χ0) is 18.7. The second kappa shape index (κ2) is 7.35. The van der Waals surface area contributed by atoms with Crippen LogP contribution in [0.2, 0.25) is 0 Å². The van der Waals surface area contributed by atoms with Crippen molar-refractivity contribution in [1.82, 2.24) is 10.0 Å². The molecule has 2 N–H and O–H groups in total. The molecule has 1 heterocycles. The Morgan fingerprint density at radius 3 is 2.58 bits per heavy atom. The van der Waals surface area contributed by atoms with Crippen LogP contribution in [0.4, 0.5) is 10.5 Å². The number of nitrogens with zero attached hydrogens (tertiary/aromatic N) is 1. The van der Waals surface area contributed by atoms with Crippen LogP contribution in [0.5, 0.6) is 5.75 Å². The summed E-state index contributed by atoms with van der Waals surface area (Å²) >= 11 is 0. The van der Waals surface area contributed by atoms with E-state index in [2.05, 4.69) is 10.0 Å². The monoisotopic (exact) mass is 375 g/mol. The first-order valence-electron chi connectivity index (χ1n) is 8.19. The van der Waals surface area contributed by atoms with E-state index in [0.717, 1.165) is 22.6 Å². The number of methoxy groups -OCH3 is 1. The van der Waals surface area contributed by atoms with Crippen LogP contribution in [0, 0.1) is 0 Å². The fraction of sp³-hybridized carbons (Fsp3) is 0.278. The van der Waals surface area contributed by atoms with E-state index in [4.69, 9.17) is 4.74 Å². The van der Waals surface area contributed by atoms with Gasteiger partial charge in [-0.3, -0.25) is 4.90 Å². The minimum atomic E-state index is -3.64. The topological polar surface area (TPSA) is 87.7 Å². The van der Waals surface area contributed by atoms with Crippen LogP contribution >= 0.6 is 0 Å². The highest BCUT2D eigenvalue weighted by molar-refractivity contribution is 7.89. The fourth-order valence-electron chi connectivity index (χ4n) is 2.90. The van der Waals surface area contributed by atoms with Crippen LogP contribution in [0.1, 0.15) is 11.1 Å². The molecule has 0 radical (unpaired) electrons. The first-order chi connectivity index (χ1) is 12.4. The Bertz CT molecular complexity index is 911. The predicted molar refractivity (Wildman–Crippen MR) is 99.0 cm³/mol. The van der Waals surface area contributed by atoms with Gasteiger partial charge in [0.25, 0.3) is 0 Å². The van der Waals surface area contributed by atoms with Crippen molar-refractivity contribution in [1.29, 1.82) is 0 Å². The molecule has 0 unspecified atom stereocenters. The zero-order valence-corrected chi connectivity index (χ0v) is 15.5. The molecule has 8 heteroatoms. The van der Waals surface area contributed by atoms with Crippen molar-refractivity contribution in [3.8, 4) is 5.75 Å². The summed E-state index contributed by atoms with van der Waals surface area (Å²) in [6, 6.07) is 11.8. The number of carbonyl (C=O) groups excluding carboxylic acids is 1. The Balaban J connectivity index is 1.74. The number of urea groups is 1. The van der Waals surface area contributed by atoms with E-state index < -0.39 is 10.0 Å². The van der Waals surface area contributed by atoms with E-state index in [0.29, 0.717) is 13.0 Å². The zero-order valence-electron chi connectivity index (χ0n) is 14.7. The molecule has 0 fully saturated rings. The second-order valence-corrected chi connectivity index (χ2v) is 7.69. The lowest BCUT2D eigenvalue weighted by atomic mass is 10.2. The van der Waals surface area contributed by atoms with E-state index in [1.807, 2.05) is 12.1 Å². The molecule has 3 rings (SSSR count). The van der Waals surface area contributed by atoms with Crippen LogP contribution in [0.15, 0.2) is 47.4 Å². The van der Waals surface area contributed by atoms with Gasteiger partial charge in [-0.25, -0.2) is 17.9 Å². The Labute approximate surface area is 153 Å². The van der Waals surface area contributed by atoms with Crippen LogP contribution in [-0.2, 0) is 23.0 Å². The van der Waals surface area contributed by atoms with Gasteiger partial charge in [-0.1, -0.05) is 12.1 Å². The number of benzene rings is 2. The number of fused-ring (bicyclic) bond motifs is 1. The van der Waals surface area contributed by atoms with Crippen molar-refractivity contribution in [3.63, 3.8) is 0 Å². The van der Waals surface area contributed by atoms with Gasteiger partial charge in [0.15, 0.2) is 0 Å². The maximum atomic E-state index is 12.6. The van der Waals surface area contributed by atoms with E-state index >= 15 is 0 Å². The fourth-order valence-corrected chi connectivity index (χ4v) is 3.96. The smallest absolute Gasteiger partial charge is 0.321 e. The van der Waals surface area contributed by atoms with Gasteiger partial charge >= 0.3 is 6.03 Å². The Kier molecular flexibility index (Phi) is 5.15. The second-order valence-electron chi connectivity index (χ2n) is 5.92. The van der Waals surface area contributed by atoms with Gasteiger partial charge in [-0.15, -0.1) is 0 Å².